The first-order valence-electron chi connectivity index (χ1n) is 6.55. The molecule has 0 fully saturated rings. The first-order valence-corrected chi connectivity index (χ1v) is 8.41. The summed E-state index contributed by atoms with van der Waals surface area (Å²) in [5.41, 5.74) is 7.37. The van der Waals surface area contributed by atoms with Gasteiger partial charge in [-0.2, -0.15) is 0 Å². The van der Waals surface area contributed by atoms with Crippen LogP contribution >= 0.6 is 11.6 Å². The summed E-state index contributed by atoms with van der Waals surface area (Å²) < 4.78 is 27.0. The Morgan fingerprint density at radius 1 is 1.05 bits per heavy atom. The molecule has 0 aliphatic heterocycles. The smallest absolute Gasteiger partial charge is 0.242 e. The van der Waals surface area contributed by atoms with Gasteiger partial charge in [-0.15, -0.1) is 0 Å². The van der Waals surface area contributed by atoms with Gasteiger partial charge in [0.1, 0.15) is 4.90 Å². The largest absolute Gasteiger partial charge is 0.326 e. The molecule has 0 aromatic heterocycles. The van der Waals surface area contributed by atoms with Crippen molar-refractivity contribution in [2.24, 2.45) is 5.73 Å². The van der Waals surface area contributed by atoms with Gasteiger partial charge in [-0.25, -0.2) is 13.1 Å². The maximum Gasteiger partial charge on any atom is 0.242 e. The molecule has 112 valence electrons. The van der Waals surface area contributed by atoms with E-state index in [-0.39, 0.29) is 9.92 Å². The van der Waals surface area contributed by atoms with Crippen molar-refractivity contribution >= 4 is 21.6 Å². The van der Waals surface area contributed by atoms with Crippen molar-refractivity contribution < 1.29 is 8.42 Å². The van der Waals surface area contributed by atoms with E-state index in [1.54, 1.807) is 12.1 Å². The Morgan fingerprint density at radius 3 is 2.38 bits per heavy atom. The van der Waals surface area contributed by atoms with E-state index in [1.807, 2.05) is 30.3 Å². The van der Waals surface area contributed by atoms with Crippen LogP contribution < -0.4 is 10.5 Å². The Balaban J connectivity index is 2.05. The van der Waals surface area contributed by atoms with Gasteiger partial charge in [-0.3, -0.25) is 0 Å². The summed E-state index contributed by atoms with van der Waals surface area (Å²) in [5.74, 6) is 0. The summed E-state index contributed by atoms with van der Waals surface area (Å²) in [6.07, 6.45) is 0.624. The lowest BCUT2D eigenvalue weighted by molar-refractivity contribution is 0.581. The zero-order valence-corrected chi connectivity index (χ0v) is 13.0. The molecule has 0 radical (unpaired) electrons. The van der Waals surface area contributed by atoms with E-state index in [1.165, 1.54) is 6.07 Å². The molecule has 0 aliphatic carbocycles. The molecule has 3 N–H and O–H groups in total. The van der Waals surface area contributed by atoms with Crippen molar-refractivity contribution in [1.82, 2.24) is 4.72 Å². The molecule has 0 saturated heterocycles. The van der Waals surface area contributed by atoms with Crippen molar-refractivity contribution in [3.63, 3.8) is 0 Å². The van der Waals surface area contributed by atoms with Crippen molar-refractivity contribution in [2.75, 3.05) is 6.54 Å². The second-order valence-electron chi connectivity index (χ2n) is 4.60. The average molecular weight is 325 g/mol. The molecule has 21 heavy (non-hydrogen) atoms. The minimum atomic E-state index is -3.61. The highest BCUT2D eigenvalue weighted by Gasteiger charge is 2.17. The standard InChI is InChI=1S/C15H17ClN2O2S/c16-14-10-13(11-17)6-7-15(14)21(19,20)18-9-8-12-4-2-1-3-5-12/h1-7,10,18H,8-9,11,17H2. The molecule has 0 saturated carbocycles. The van der Waals surface area contributed by atoms with Crippen molar-refractivity contribution in [1.29, 1.82) is 0 Å². The Labute approximate surface area is 130 Å². The van der Waals surface area contributed by atoms with Gasteiger partial charge in [-0.05, 0) is 29.7 Å². The molecule has 4 nitrogen and oxygen atoms in total. The van der Waals surface area contributed by atoms with E-state index in [2.05, 4.69) is 4.72 Å². The lowest BCUT2D eigenvalue weighted by Gasteiger charge is -2.09. The first-order chi connectivity index (χ1) is 10.0. The third-order valence-electron chi connectivity index (χ3n) is 3.07. The number of nitrogens with two attached hydrogens (primary N) is 1. The fourth-order valence-corrected chi connectivity index (χ4v) is 3.54. The molecule has 0 heterocycles. The molecule has 2 aromatic rings. The van der Waals surface area contributed by atoms with Gasteiger partial charge in [-0.1, -0.05) is 48.0 Å². The Morgan fingerprint density at radius 2 is 1.76 bits per heavy atom. The van der Waals surface area contributed by atoms with Crippen molar-refractivity contribution in [3.8, 4) is 0 Å². The van der Waals surface area contributed by atoms with Crippen LogP contribution in [0.3, 0.4) is 0 Å². The molecule has 0 atom stereocenters. The van der Waals surface area contributed by atoms with Gasteiger partial charge < -0.3 is 5.73 Å². The highest BCUT2D eigenvalue weighted by atomic mass is 35.5. The second kappa shape index (κ2) is 7.04. The van der Waals surface area contributed by atoms with Gasteiger partial charge in [0, 0.05) is 13.1 Å². The van der Waals surface area contributed by atoms with Crippen LogP contribution in [0.4, 0.5) is 0 Å². The topological polar surface area (TPSA) is 72.2 Å². The zero-order valence-electron chi connectivity index (χ0n) is 11.4. The Kier molecular flexibility index (Phi) is 5.36. The van der Waals surface area contributed by atoms with Crippen LogP contribution in [0.1, 0.15) is 11.1 Å². The molecular weight excluding hydrogens is 308 g/mol. The van der Waals surface area contributed by atoms with Gasteiger partial charge in [0.2, 0.25) is 10.0 Å². The minimum Gasteiger partial charge on any atom is -0.326 e. The summed E-state index contributed by atoms with van der Waals surface area (Å²) in [4.78, 5) is 0.0782. The Hall–Kier alpha value is -1.40. The van der Waals surface area contributed by atoms with Crippen LogP contribution in [0.25, 0.3) is 0 Å². The lowest BCUT2D eigenvalue weighted by atomic mass is 10.2. The first kappa shape index (κ1) is 16.0. The van der Waals surface area contributed by atoms with E-state index < -0.39 is 10.0 Å². The van der Waals surface area contributed by atoms with Gasteiger partial charge >= 0.3 is 0 Å². The number of hydrogen-bond donors (Lipinski definition) is 2. The van der Waals surface area contributed by atoms with E-state index in [4.69, 9.17) is 17.3 Å². The normalized spacial score (nSPS) is 11.5. The highest BCUT2D eigenvalue weighted by Crippen LogP contribution is 2.22. The highest BCUT2D eigenvalue weighted by molar-refractivity contribution is 7.89. The zero-order chi connectivity index (χ0) is 15.3. The lowest BCUT2D eigenvalue weighted by Crippen LogP contribution is -2.26. The van der Waals surface area contributed by atoms with Crippen LogP contribution in [0.2, 0.25) is 5.02 Å². The van der Waals surface area contributed by atoms with Gasteiger partial charge in [0.25, 0.3) is 0 Å². The number of benzene rings is 2. The SMILES string of the molecule is NCc1ccc(S(=O)(=O)NCCc2ccccc2)c(Cl)c1. The summed E-state index contributed by atoms with van der Waals surface area (Å²) in [7, 11) is -3.61. The Bertz CT molecular complexity index is 703. The summed E-state index contributed by atoms with van der Waals surface area (Å²) in [6, 6.07) is 14.4. The molecule has 0 aliphatic rings. The molecule has 2 rings (SSSR count). The van der Waals surface area contributed by atoms with Crippen LogP contribution in [-0.4, -0.2) is 15.0 Å². The quantitative estimate of drug-likeness (QED) is 0.856. The molecule has 0 amide bonds. The van der Waals surface area contributed by atoms with Crippen LogP contribution in [0.5, 0.6) is 0 Å². The fourth-order valence-electron chi connectivity index (χ4n) is 1.94. The predicted molar refractivity (Wildman–Crippen MR) is 84.7 cm³/mol. The van der Waals surface area contributed by atoms with Gasteiger partial charge in [0.15, 0.2) is 0 Å². The summed E-state index contributed by atoms with van der Waals surface area (Å²) in [5, 5.41) is 0.185. The van der Waals surface area contributed by atoms with Gasteiger partial charge in [0.05, 0.1) is 5.02 Å². The number of sulfonamides is 1. The maximum absolute atomic E-state index is 12.2. The van der Waals surface area contributed by atoms with Crippen LogP contribution in [0, 0.1) is 0 Å². The van der Waals surface area contributed by atoms with Crippen LogP contribution in [-0.2, 0) is 23.0 Å². The summed E-state index contributed by atoms with van der Waals surface area (Å²) in [6.45, 7) is 0.642. The molecular formula is C15H17ClN2O2S. The maximum atomic E-state index is 12.2. The molecule has 0 spiro atoms. The summed E-state index contributed by atoms with van der Waals surface area (Å²) >= 11 is 6.01. The molecule has 2 aromatic carbocycles. The predicted octanol–water partition coefficient (Wildman–Crippen LogP) is 2.32. The number of rotatable bonds is 6. The number of nitrogens with one attached hydrogen (secondary N) is 1. The number of hydrogen-bond acceptors (Lipinski definition) is 3. The molecule has 6 heteroatoms. The van der Waals surface area contributed by atoms with E-state index in [0.717, 1.165) is 11.1 Å². The second-order valence-corrected chi connectivity index (χ2v) is 6.74. The van der Waals surface area contributed by atoms with E-state index in [0.29, 0.717) is 19.5 Å². The van der Waals surface area contributed by atoms with Crippen LogP contribution in [0.15, 0.2) is 53.4 Å². The third kappa shape index (κ3) is 4.28. The third-order valence-corrected chi connectivity index (χ3v) is 5.01. The van der Waals surface area contributed by atoms with Crippen molar-refractivity contribution in [2.45, 2.75) is 17.9 Å². The molecule has 0 unspecified atom stereocenters. The minimum absolute atomic E-state index is 0.0782. The number of halogens is 1. The molecule has 0 bridgehead atoms. The monoisotopic (exact) mass is 324 g/mol. The fraction of sp³-hybridized carbons (Fsp3) is 0.200. The average Bonchev–Trinajstić information content (AvgIpc) is 2.47. The van der Waals surface area contributed by atoms with Crippen molar-refractivity contribution in [3.05, 3.63) is 64.7 Å². The van der Waals surface area contributed by atoms with E-state index in [9.17, 15) is 8.42 Å². The van der Waals surface area contributed by atoms with E-state index >= 15 is 0 Å².